The van der Waals surface area contributed by atoms with Crippen molar-refractivity contribution in [3.05, 3.63) is 0 Å². The van der Waals surface area contributed by atoms with E-state index in [0.717, 1.165) is 19.1 Å². The molecule has 1 rings (SSSR count). The van der Waals surface area contributed by atoms with Crippen LogP contribution in [0.4, 0.5) is 0 Å². The average Bonchev–Trinajstić information content (AvgIpc) is 2.66. The number of aliphatic carboxylic acids is 1. The summed E-state index contributed by atoms with van der Waals surface area (Å²) in [6.45, 7) is 0.313. The number of hydrogen-bond donors (Lipinski definition) is 1. The Bertz CT molecular complexity index is 360. The zero-order valence-corrected chi connectivity index (χ0v) is 11.2. The van der Waals surface area contributed by atoms with Crippen molar-refractivity contribution in [2.75, 3.05) is 25.6 Å². The maximum atomic E-state index is 11.2. The van der Waals surface area contributed by atoms with Crippen molar-refractivity contribution in [3.8, 4) is 0 Å². The van der Waals surface area contributed by atoms with E-state index in [2.05, 4.69) is 0 Å². The van der Waals surface area contributed by atoms with Gasteiger partial charge in [0, 0.05) is 18.8 Å². The molecule has 0 bridgehead atoms. The molecule has 1 N–H and O–H groups in total. The molecule has 1 fully saturated rings. The Morgan fingerprint density at radius 2 is 1.94 bits per heavy atom. The lowest BCUT2D eigenvalue weighted by atomic mass is 10.1. The van der Waals surface area contributed by atoms with Crippen molar-refractivity contribution in [1.29, 1.82) is 0 Å². The monoisotopic (exact) mass is 263 g/mol. The van der Waals surface area contributed by atoms with Gasteiger partial charge in [0.2, 0.25) is 0 Å². The summed E-state index contributed by atoms with van der Waals surface area (Å²) in [5.74, 6) is -2.13. The van der Waals surface area contributed by atoms with Gasteiger partial charge < -0.3 is 10.0 Å². The molecule has 1 aliphatic carbocycles. The van der Waals surface area contributed by atoms with Crippen molar-refractivity contribution in [1.82, 2.24) is 4.90 Å². The quantitative estimate of drug-likeness (QED) is 0.760. The number of rotatable bonds is 6. The second kappa shape index (κ2) is 5.82. The van der Waals surface area contributed by atoms with Crippen molar-refractivity contribution in [3.63, 3.8) is 0 Å². The summed E-state index contributed by atoms with van der Waals surface area (Å²) in [5, 5.41) is 9.04. The van der Waals surface area contributed by atoms with Gasteiger partial charge in [-0.2, -0.15) is 0 Å². The van der Waals surface area contributed by atoms with Gasteiger partial charge in [0.25, 0.3) is 0 Å². The van der Waals surface area contributed by atoms with Crippen LogP contribution in [0.1, 0.15) is 25.7 Å². The SMILES string of the molecule is CN(CC(CS(C)(=O)=O)C(=O)O)C1CCCC1. The highest BCUT2D eigenvalue weighted by Gasteiger charge is 2.27. The van der Waals surface area contributed by atoms with Crippen LogP contribution in [0.15, 0.2) is 0 Å². The van der Waals surface area contributed by atoms with Gasteiger partial charge in [-0.25, -0.2) is 8.42 Å². The zero-order chi connectivity index (χ0) is 13.1. The molecule has 0 amide bonds. The summed E-state index contributed by atoms with van der Waals surface area (Å²) in [7, 11) is -1.36. The van der Waals surface area contributed by atoms with Gasteiger partial charge in [-0.05, 0) is 19.9 Å². The number of carboxylic acid groups (broad SMARTS) is 1. The molecule has 1 saturated carbocycles. The predicted octanol–water partition coefficient (Wildman–Crippen LogP) is 0.606. The van der Waals surface area contributed by atoms with Gasteiger partial charge >= 0.3 is 5.97 Å². The minimum atomic E-state index is -3.25. The summed E-state index contributed by atoms with van der Waals surface area (Å²) >= 11 is 0. The van der Waals surface area contributed by atoms with Crippen LogP contribution >= 0.6 is 0 Å². The van der Waals surface area contributed by atoms with Gasteiger partial charge in [-0.15, -0.1) is 0 Å². The minimum Gasteiger partial charge on any atom is -0.481 e. The van der Waals surface area contributed by atoms with E-state index in [0.29, 0.717) is 12.6 Å². The van der Waals surface area contributed by atoms with Crippen molar-refractivity contribution in [2.45, 2.75) is 31.7 Å². The number of sulfone groups is 1. The van der Waals surface area contributed by atoms with E-state index in [1.165, 1.54) is 12.8 Å². The standard InChI is InChI=1S/C11H21NO4S/c1-12(10-5-3-4-6-10)7-9(11(13)14)8-17(2,15)16/h9-10H,3-8H2,1-2H3,(H,13,14). The lowest BCUT2D eigenvalue weighted by molar-refractivity contribution is -0.141. The first kappa shape index (κ1) is 14.4. The number of carbonyl (C=O) groups is 1. The molecule has 0 aliphatic heterocycles. The Kier molecular flexibility index (Phi) is 4.94. The second-order valence-corrected chi connectivity index (χ2v) is 7.19. The predicted molar refractivity (Wildman–Crippen MR) is 65.7 cm³/mol. The topological polar surface area (TPSA) is 74.7 Å². The molecule has 100 valence electrons. The van der Waals surface area contributed by atoms with E-state index in [1.54, 1.807) is 0 Å². The normalized spacial score (nSPS) is 19.7. The van der Waals surface area contributed by atoms with E-state index in [4.69, 9.17) is 5.11 Å². The molecule has 0 aromatic heterocycles. The van der Waals surface area contributed by atoms with Crippen LogP contribution in [-0.4, -0.2) is 56.0 Å². The van der Waals surface area contributed by atoms with Crippen molar-refractivity contribution >= 4 is 15.8 Å². The summed E-state index contributed by atoms with van der Waals surface area (Å²) in [4.78, 5) is 13.0. The first-order valence-electron chi connectivity index (χ1n) is 5.90. The Morgan fingerprint density at radius 3 is 2.35 bits per heavy atom. The Labute approximate surface area is 103 Å². The van der Waals surface area contributed by atoms with Crippen molar-refractivity contribution < 1.29 is 18.3 Å². The van der Waals surface area contributed by atoms with Crippen LogP contribution in [0.5, 0.6) is 0 Å². The van der Waals surface area contributed by atoms with E-state index in [9.17, 15) is 13.2 Å². The lowest BCUT2D eigenvalue weighted by Crippen LogP contribution is -2.39. The van der Waals surface area contributed by atoms with Gasteiger partial charge in [-0.3, -0.25) is 4.79 Å². The smallest absolute Gasteiger partial charge is 0.308 e. The van der Waals surface area contributed by atoms with E-state index >= 15 is 0 Å². The molecule has 0 heterocycles. The molecule has 1 atom stereocenters. The highest BCUT2D eigenvalue weighted by atomic mass is 32.2. The molecule has 0 saturated heterocycles. The lowest BCUT2D eigenvalue weighted by Gasteiger charge is -2.26. The maximum Gasteiger partial charge on any atom is 0.308 e. The van der Waals surface area contributed by atoms with Crippen molar-refractivity contribution in [2.24, 2.45) is 5.92 Å². The molecule has 5 nitrogen and oxygen atoms in total. The maximum absolute atomic E-state index is 11.2. The van der Waals surface area contributed by atoms with Gasteiger partial charge in [0.15, 0.2) is 0 Å². The third-order valence-corrected chi connectivity index (χ3v) is 4.32. The molecular formula is C11H21NO4S. The first-order valence-corrected chi connectivity index (χ1v) is 7.96. The number of hydrogen-bond acceptors (Lipinski definition) is 4. The Balaban J connectivity index is 2.57. The summed E-state index contributed by atoms with van der Waals surface area (Å²) in [6.07, 6.45) is 5.61. The summed E-state index contributed by atoms with van der Waals surface area (Å²) < 4.78 is 22.3. The van der Waals surface area contributed by atoms with Crippen LogP contribution in [0.2, 0.25) is 0 Å². The largest absolute Gasteiger partial charge is 0.481 e. The Hall–Kier alpha value is -0.620. The Morgan fingerprint density at radius 1 is 1.41 bits per heavy atom. The molecule has 0 radical (unpaired) electrons. The third-order valence-electron chi connectivity index (χ3n) is 3.31. The number of nitrogens with zero attached hydrogens (tertiary/aromatic N) is 1. The second-order valence-electron chi connectivity index (χ2n) is 5.01. The van der Waals surface area contributed by atoms with E-state index < -0.39 is 21.7 Å². The molecule has 0 aromatic rings. The van der Waals surface area contributed by atoms with Crippen LogP contribution in [0, 0.1) is 5.92 Å². The van der Waals surface area contributed by atoms with E-state index in [-0.39, 0.29) is 5.75 Å². The fourth-order valence-corrected chi connectivity index (χ4v) is 3.39. The van der Waals surface area contributed by atoms with Gasteiger partial charge in [0.1, 0.15) is 9.84 Å². The van der Waals surface area contributed by atoms with Crippen LogP contribution < -0.4 is 0 Å². The molecule has 17 heavy (non-hydrogen) atoms. The molecule has 6 heteroatoms. The van der Waals surface area contributed by atoms with Crippen LogP contribution in [0.25, 0.3) is 0 Å². The average molecular weight is 263 g/mol. The minimum absolute atomic E-state index is 0.278. The van der Waals surface area contributed by atoms with Crippen LogP contribution in [-0.2, 0) is 14.6 Å². The molecule has 0 aromatic carbocycles. The summed E-state index contributed by atoms with van der Waals surface area (Å²) in [5.41, 5.74) is 0. The third kappa shape index (κ3) is 5.04. The van der Waals surface area contributed by atoms with Crippen LogP contribution in [0.3, 0.4) is 0 Å². The first-order chi connectivity index (χ1) is 7.79. The highest BCUT2D eigenvalue weighted by molar-refractivity contribution is 7.90. The fourth-order valence-electron chi connectivity index (χ4n) is 2.41. The van der Waals surface area contributed by atoms with Gasteiger partial charge in [-0.1, -0.05) is 12.8 Å². The molecule has 1 unspecified atom stereocenters. The fraction of sp³-hybridized carbons (Fsp3) is 0.909. The molecule has 0 spiro atoms. The van der Waals surface area contributed by atoms with E-state index in [1.807, 2.05) is 11.9 Å². The molecule has 1 aliphatic rings. The number of carboxylic acids is 1. The van der Waals surface area contributed by atoms with Gasteiger partial charge in [0.05, 0.1) is 11.7 Å². The highest BCUT2D eigenvalue weighted by Crippen LogP contribution is 2.23. The summed E-state index contributed by atoms with van der Waals surface area (Å²) in [6, 6.07) is 0.413. The molecular weight excluding hydrogens is 242 g/mol. The zero-order valence-electron chi connectivity index (χ0n) is 10.4.